The van der Waals surface area contributed by atoms with Crippen molar-refractivity contribution >= 4 is 17.6 Å². The van der Waals surface area contributed by atoms with Gasteiger partial charge in [-0.25, -0.2) is 4.79 Å². The number of ether oxygens (including phenoxy) is 1. The SMILES string of the molecule is COc1ccc(C(=O)Nc2cnn(C(C)(C)C(=O)O)c2)nn1. The Morgan fingerprint density at radius 3 is 2.59 bits per heavy atom. The lowest BCUT2D eigenvalue weighted by Gasteiger charge is -2.19. The van der Waals surface area contributed by atoms with Crippen LogP contribution in [0.25, 0.3) is 0 Å². The Hall–Kier alpha value is -2.97. The summed E-state index contributed by atoms with van der Waals surface area (Å²) in [4.78, 5) is 23.2. The van der Waals surface area contributed by atoms with Gasteiger partial charge in [0, 0.05) is 12.3 Å². The Morgan fingerprint density at radius 2 is 2.05 bits per heavy atom. The van der Waals surface area contributed by atoms with E-state index < -0.39 is 17.4 Å². The molecule has 1 amide bonds. The molecule has 0 aliphatic heterocycles. The molecule has 2 aromatic heterocycles. The summed E-state index contributed by atoms with van der Waals surface area (Å²) in [6, 6.07) is 2.98. The number of hydrogen-bond acceptors (Lipinski definition) is 6. The molecule has 2 heterocycles. The van der Waals surface area contributed by atoms with Crippen LogP contribution in [0, 0.1) is 0 Å². The molecule has 0 aliphatic rings. The van der Waals surface area contributed by atoms with Gasteiger partial charge < -0.3 is 15.2 Å². The zero-order valence-electron chi connectivity index (χ0n) is 12.3. The predicted octanol–water partition coefficient (Wildman–Crippen LogP) is 0.754. The number of carbonyl (C=O) groups excluding carboxylic acids is 1. The zero-order valence-corrected chi connectivity index (χ0v) is 12.3. The summed E-state index contributed by atoms with van der Waals surface area (Å²) in [5.74, 6) is -1.22. The molecular formula is C13H15N5O4. The van der Waals surface area contributed by atoms with Crippen LogP contribution in [0.4, 0.5) is 5.69 Å². The molecule has 0 fully saturated rings. The van der Waals surface area contributed by atoms with Gasteiger partial charge in [-0.05, 0) is 19.9 Å². The van der Waals surface area contributed by atoms with E-state index in [0.29, 0.717) is 11.6 Å². The third-order valence-electron chi connectivity index (χ3n) is 3.02. The van der Waals surface area contributed by atoms with E-state index in [1.807, 2.05) is 0 Å². The number of rotatable bonds is 5. The quantitative estimate of drug-likeness (QED) is 0.836. The first-order valence-electron chi connectivity index (χ1n) is 6.32. The van der Waals surface area contributed by atoms with Crippen LogP contribution in [0.15, 0.2) is 24.5 Å². The predicted molar refractivity (Wildman–Crippen MR) is 75.7 cm³/mol. The average Bonchev–Trinajstić information content (AvgIpc) is 2.96. The molecule has 2 rings (SSSR count). The second-order valence-electron chi connectivity index (χ2n) is 4.95. The molecule has 0 radical (unpaired) electrons. The third kappa shape index (κ3) is 3.03. The molecular weight excluding hydrogens is 290 g/mol. The van der Waals surface area contributed by atoms with Crippen molar-refractivity contribution in [1.29, 1.82) is 0 Å². The maximum Gasteiger partial charge on any atom is 0.331 e. The van der Waals surface area contributed by atoms with Gasteiger partial charge in [0.15, 0.2) is 11.2 Å². The van der Waals surface area contributed by atoms with E-state index >= 15 is 0 Å². The maximum absolute atomic E-state index is 12.0. The van der Waals surface area contributed by atoms with Gasteiger partial charge in [-0.15, -0.1) is 10.2 Å². The molecule has 22 heavy (non-hydrogen) atoms. The van der Waals surface area contributed by atoms with Crippen molar-refractivity contribution in [3.63, 3.8) is 0 Å². The summed E-state index contributed by atoms with van der Waals surface area (Å²) in [6.07, 6.45) is 2.79. The molecule has 0 bridgehead atoms. The minimum atomic E-state index is -1.22. The lowest BCUT2D eigenvalue weighted by Crippen LogP contribution is -2.35. The van der Waals surface area contributed by atoms with Crippen LogP contribution in [-0.4, -0.2) is 44.1 Å². The number of anilines is 1. The first-order valence-corrected chi connectivity index (χ1v) is 6.32. The number of carbonyl (C=O) groups is 2. The molecule has 9 heteroatoms. The number of aliphatic carboxylic acids is 1. The normalized spacial score (nSPS) is 11.0. The fourth-order valence-electron chi connectivity index (χ4n) is 1.54. The fourth-order valence-corrected chi connectivity index (χ4v) is 1.54. The highest BCUT2D eigenvalue weighted by Gasteiger charge is 2.30. The van der Waals surface area contributed by atoms with Gasteiger partial charge in [-0.1, -0.05) is 0 Å². The lowest BCUT2D eigenvalue weighted by atomic mass is 10.1. The Bertz CT molecular complexity index is 693. The van der Waals surface area contributed by atoms with Crippen molar-refractivity contribution < 1.29 is 19.4 Å². The number of amides is 1. The summed E-state index contributed by atoms with van der Waals surface area (Å²) >= 11 is 0. The van der Waals surface area contributed by atoms with Crippen molar-refractivity contribution in [3.8, 4) is 5.88 Å². The molecule has 0 spiro atoms. The topological polar surface area (TPSA) is 119 Å². The van der Waals surface area contributed by atoms with Gasteiger partial charge >= 0.3 is 5.97 Å². The number of nitrogens with zero attached hydrogens (tertiary/aromatic N) is 4. The number of nitrogens with one attached hydrogen (secondary N) is 1. The molecule has 2 N–H and O–H groups in total. The van der Waals surface area contributed by atoms with Gasteiger partial charge in [-0.2, -0.15) is 5.10 Å². The monoisotopic (exact) mass is 305 g/mol. The Balaban J connectivity index is 2.12. The van der Waals surface area contributed by atoms with Crippen LogP contribution in [0.5, 0.6) is 5.88 Å². The van der Waals surface area contributed by atoms with E-state index in [9.17, 15) is 9.59 Å². The number of methoxy groups -OCH3 is 1. The summed E-state index contributed by atoms with van der Waals surface area (Å²) in [5, 5.41) is 23.1. The molecule has 9 nitrogen and oxygen atoms in total. The van der Waals surface area contributed by atoms with Gasteiger partial charge in [0.05, 0.1) is 19.0 Å². The first kappa shape index (κ1) is 15.4. The molecule has 0 aliphatic carbocycles. The van der Waals surface area contributed by atoms with Gasteiger partial charge in [0.25, 0.3) is 5.91 Å². The van der Waals surface area contributed by atoms with Gasteiger partial charge in [-0.3, -0.25) is 9.48 Å². The van der Waals surface area contributed by atoms with Crippen LogP contribution in [0.1, 0.15) is 24.3 Å². The zero-order chi connectivity index (χ0) is 16.3. The van der Waals surface area contributed by atoms with E-state index in [1.54, 1.807) is 0 Å². The van der Waals surface area contributed by atoms with Crippen molar-refractivity contribution in [2.24, 2.45) is 0 Å². The van der Waals surface area contributed by atoms with E-state index in [4.69, 9.17) is 9.84 Å². The Labute approximate surface area is 125 Å². The molecule has 116 valence electrons. The Morgan fingerprint density at radius 1 is 1.32 bits per heavy atom. The lowest BCUT2D eigenvalue weighted by molar-refractivity contribution is -0.146. The van der Waals surface area contributed by atoms with E-state index in [-0.39, 0.29) is 5.69 Å². The summed E-state index contributed by atoms with van der Waals surface area (Å²) in [5.41, 5.74) is -0.758. The summed E-state index contributed by atoms with van der Waals surface area (Å²) in [6.45, 7) is 3.01. The van der Waals surface area contributed by atoms with Gasteiger partial charge in [0.2, 0.25) is 5.88 Å². The smallest absolute Gasteiger partial charge is 0.331 e. The van der Waals surface area contributed by atoms with Crippen molar-refractivity contribution in [3.05, 3.63) is 30.2 Å². The van der Waals surface area contributed by atoms with Crippen molar-refractivity contribution in [2.75, 3.05) is 12.4 Å². The Kier molecular flexibility index (Phi) is 4.06. The van der Waals surface area contributed by atoms with Crippen LogP contribution in [-0.2, 0) is 10.3 Å². The van der Waals surface area contributed by atoms with Crippen LogP contribution < -0.4 is 10.1 Å². The second kappa shape index (κ2) is 5.80. The van der Waals surface area contributed by atoms with Crippen LogP contribution in [0.2, 0.25) is 0 Å². The second-order valence-corrected chi connectivity index (χ2v) is 4.95. The molecule has 0 atom stereocenters. The highest BCUT2D eigenvalue weighted by molar-refractivity contribution is 6.02. The molecule has 2 aromatic rings. The van der Waals surface area contributed by atoms with E-state index in [1.165, 1.54) is 50.2 Å². The summed E-state index contributed by atoms with van der Waals surface area (Å²) < 4.78 is 6.11. The van der Waals surface area contributed by atoms with E-state index in [2.05, 4.69) is 20.6 Å². The van der Waals surface area contributed by atoms with E-state index in [0.717, 1.165) is 0 Å². The molecule has 0 unspecified atom stereocenters. The average molecular weight is 305 g/mol. The van der Waals surface area contributed by atoms with Gasteiger partial charge in [0.1, 0.15) is 0 Å². The number of carboxylic acids is 1. The standard InChI is InChI=1S/C13H15N5O4/c1-13(2,12(20)21)18-7-8(6-14-18)15-11(19)9-4-5-10(22-3)17-16-9/h4-7H,1-3H3,(H,15,19)(H,20,21). The minimum Gasteiger partial charge on any atom is -0.480 e. The fraction of sp³-hybridized carbons (Fsp3) is 0.308. The maximum atomic E-state index is 12.0. The molecule has 0 saturated heterocycles. The molecule has 0 aromatic carbocycles. The first-order chi connectivity index (χ1) is 10.3. The highest BCUT2D eigenvalue weighted by Crippen LogP contribution is 2.17. The van der Waals surface area contributed by atoms with Crippen molar-refractivity contribution in [1.82, 2.24) is 20.0 Å². The van der Waals surface area contributed by atoms with Crippen LogP contribution >= 0.6 is 0 Å². The summed E-state index contributed by atoms with van der Waals surface area (Å²) in [7, 11) is 1.45. The number of aromatic nitrogens is 4. The highest BCUT2D eigenvalue weighted by atomic mass is 16.5. The van der Waals surface area contributed by atoms with Crippen LogP contribution in [0.3, 0.4) is 0 Å². The molecule has 0 saturated carbocycles. The minimum absolute atomic E-state index is 0.103. The third-order valence-corrected chi connectivity index (χ3v) is 3.02. The number of hydrogen-bond donors (Lipinski definition) is 2. The number of carboxylic acid groups (broad SMARTS) is 1. The largest absolute Gasteiger partial charge is 0.480 e. The van der Waals surface area contributed by atoms with Crippen molar-refractivity contribution in [2.45, 2.75) is 19.4 Å².